The Bertz CT molecular complexity index is 1280. The number of ether oxygens (including phenoxy) is 2. The van der Waals surface area contributed by atoms with Crippen LogP contribution in [0.15, 0.2) is 66.4 Å². The number of benzene rings is 3. The Balaban J connectivity index is 1.86. The molecule has 7 heteroatoms. The normalized spacial score (nSPS) is 13.5. The first-order valence-corrected chi connectivity index (χ1v) is 10.7. The second kappa shape index (κ2) is 9.00. The highest BCUT2D eigenvalue weighted by atomic mass is 35.5. The highest BCUT2D eigenvalue weighted by Gasteiger charge is 2.41. The molecule has 0 fully saturated rings. The first kappa shape index (κ1) is 22.4. The van der Waals surface area contributed by atoms with Gasteiger partial charge in [0.2, 0.25) is 0 Å². The van der Waals surface area contributed by atoms with Gasteiger partial charge in [0.1, 0.15) is 17.2 Å². The number of hydrogen-bond acceptors (Lipinski definition) is 5. The Hall–Kier alpha value is -3.77. The number of hydrogen-bond donors (Lipinski definition) is 1. The van der Waals surface area contributed by atoms with E-state index in [1.54, 1.807) is 24.3 Å². The number of aryl methyl sites for hydroxylation is 2. The fraction of sp³-hybridized carbons (Fsp3) is 0.154. The van der Waals surface area contributed by atoms with Crippen LogP contribution in [0.2, 0.25) is 5.02 Å². The molecule has 1 aliphatic rings. The summed E-state index contributed by atoms with van der Waals surface area (Å²) in [6.45, 7) is 3.85. The Morgan fingerprint density at radius 1 is 0.848 bits per heavy atom. The predicted octanol–water partition coefficient (Wildman–Crippen LogP) is 5.37. The van der Waals surface area contributed by atoms with Crippen molar-refractivity contribution in [3.05, 3.63) is 88.1 Å². The number of nitrogens with zero attached hydrogens (tertiary/aromatic N) is 1. The molecule has 0 saturated heterocycles. The van der Waals surface area contributed by atoms with Crippen molar-refractivity contribution in [3.63, 3.8) is 0 Å². The van der Waals surface area contributed by atoms with Gasteiger partial charge >= 0.3 is 0 Å². The Labute approximate surface area is 197 Å². The number of amides is 2. The van der Waals surface area contributed by atoms with E-state index in [0.717, 1.165) is 16.0 Å². The third kappa shape index (κ3) is 4.17. The number of carbonyl (C=O) groups is 2. The molecular formula is C26H23ClN2O4. The molecule has 0 aromatic heterocycles. The molecule has 3 aromatic carbocycles. The van der Waals surface area contributed by atoms with Gasteiger partial charge in [-0.1, -0.05) is 47.5 Å². The molecule has 0 bridgehead atoms. The SMILES string of the molecule is COc1ccc(OC)c(N2C(=O)C(Nc3ccc(C)c(Cl)c3)=C(c3ccc(C)cc3)C2=O)c1. The molecule has 6 nitrogen and oxygen atoms in total. The summed E-state index contributed by atoms with van der Waals surface area (Å²) in [5.74, 6) is -0.0923. The van der Waals surface area contributed by atoms with Crippen LogP contribution in [0.3, 0.4) is 0 Å². The first-order chi connectivity index (χ1) is 15.8. The van der Waals surface area contributed by atoms with Crippen LogP contribution in [0.4, 0.5) is 11.4 Å². The van der Waals surface area contributed by atoms with Crippen molar-refractivity contribution in [2.45, 2.75) is 13.8 Å². The zero-order valence-corrected chi connectivity index (χ0v) is 19.5. The lowest BCUT2D eigenvalue weighted by atomic mass is 10.0. The summed E-state index contributed by atoms with van der Waals surface area (Å²) < 4.78 is 10.7. The summed E-state index contributed by atoms with van der Waals surface area (Å²) >= 11 is 6.28. The molecule has 2 amide bonds. The molecule has 168 valence electrons. The molecule has 33 heavy (non-hydrogen) atoms. The van der Waals surface area contributed by atoms with Gasteiger partial charge in [-0.05, 0) is 49.2 Å². The number of carbonyl (C=O) groups excluding carboxylic acids is 2. The minimum absolute atomic E-state index is 0.161. The summed E-state index contributed by atoms with van der Waals surface area (Å²) in [7, 11) is 3.00. The molecule has 4 rings (SSSR count). The van der Waals surface area contributed by atoms with Crippen LogP contribution in [0.25, 0.3) is 5.57 Å². The van der Waals surface area contributed by atoms with Crippen molar-refractivity contribution < 1.29 is 19.1 Å². The topological polar surface area (TPSA) is 67.9 Å². The second-order valence-electron chi connectivity index (χ2n) is 7.69. The highest BCUT2D eigenvalue weighted by molar-refractivity contribution is 6.46. The van der Waals surface area contributed by atoms with E-state index in [1.807, 2.05) is 50.2 Å². The number of anilines is 2. The van der Waals surface area contributed by atoms with Crippen LogP contribution in [0.1, 0.15) is 16.7 Å². The van der Waals surface area contributed by atoms with Crippen LogP contribution in [-0.4, -0.2) is 26.0 Å². The number of imide groups is 1. The quantitative estimate of drug-likeness (QED) is 0.499. The van der Waals surface area contributed by atoms with E-state index in [1.165, 1.54) is 14.2 Å². The number of halogens is 1. The van der Waals surface area contributed by atoms with E-state index in [-0.39, 0.29) is 11.3 Å². The third-order valence-corrected chi connectivity index (χ3v) is 5.90. The second-order valence-corrected chi connectivity index (χ2v) is 8.10. The molecule has 1 heterocycles. The van der Waals surface area contributed by atoms with Gasteiger partial charge in [-0.15, -0.1) is 0 Å². The highest BCUT2D eigenvalue weighted by Crippen LogP contribution is 2.39. The van der Waals surface area contributed by atoms with E-state index in [9.17, 15) is 9.59 Å². The smallest absolute Gasteiger partial charge is 0.282 e. The monoisotopic (exact) mass is 462 g/mol. The standard InChI is InChI=1S/C26H23ClN2O4/c1-15-5-8-17(9-6-15)23-24(28-18-10-7-16(2)20(27)13-18)26(31)29(25(23)30)21-14-19(32-3)11-12-22(21)33-4/h5-14,28H,1-4H3. The minimum atomic E-state index is -0.501. The van der Waals surface area contributed by atoms with Crippen molar-refractivity contribution in [1.82, 2.24) is 0 Å². The van der Waals surface area contributed by atoms with E-state index >= 15 is 0 Å². The minimum Gasteiger partial charge on any atom is -0.497 e. The van der Waals surface area contributed by atoms with E-state index in [2.05, 4.69) is 5.32 Å². The van der Waals surface area contributed by atoms with Crippen molar-refractivity contribution in [2.75, 3.05) is 24.4 Å². The van der Waals surface area contributed by atoms with Gasteiger partial charge in [-0.2, -0.15) is 0 Å². The fourth-order valence-corrected chi connectivity index (χ4v) is 3.82. The Kier molecular flexibility index (Phi) is 6.11. The van der Waals surface area contributed by atoms with E-state index in [0.29, 0.717) is 33.5 Å². The average Bonchev–Trinajstić information content (AvgIpc) is 3.05. The molecule has 0 spiro atoms. The maximum atomic E-state index is 13.7. The van der Waals surface area contributed by atoms with Gasteiger partial charge in [-0.3, -0.25) is 9.59 Å². The lowest BCUT2D eigenvalue weighted by Gasteiger charge is -2.19. The third-order valence-electron chi connectivity index (χ3n) is 5.49. The number of nitrogens with one attached hydrogen (secondary N) is 1. The molecule has 0 radical (unpaired) electrons. The van der Waals surface area contributed by atoms with Gasteiger partial charge in [0.25, 0.3) is 11.8 Å². The van der Waals surface area contributed by atoms with Gasteiger partial charge in [-0.25, -0.2) is 4.90 Å². The van der Waals surface area contributed by atoms with Crippen molar-refractivity contribution in [2.24, 2.45) is 0 Å². The maximum absolute atomic E-state index is 13.7. The van der Waals surface area contributed by atoms with Gasteiger partial charge in [0, 0.05) is 16.8 Å². The number of rotatable bonds is 6. The molecule has 3 aromatic rings. The summed E-state index contributed by atoms with van der Waals surface area (Å²) in [6, 6.07) is 17.8. The summed E-state index contributed by atoms with van der Waals surface area (Å²) in [6.07, 6.45) is 0. The lowest BCUT2D eigenvalue weighted by Crippen LogP contribution is -2.32. The van der Waals surface area contributed by atoms with Crippen LogP contribution in [0.5, 0.6) is 11.5 Å². The van der Waals surface area contributed by atoms with Gasteiger partial charge in [0.05, 0.1) is 25.5 Å². The molecule has 0 saturated carbocycles. The zero-order valence-electron chi connectivity index (χ0n) is 18.7. The summed E-state index contributed by atoms with van der Waals surface area (Å²) in [5.41, 5.74) is 3.91. The summed E-state index contributed by atoms with van der Waals surface area (Å²) in [4.78, 5) is 28.4. The molecule has 0 atom stereocenters. The molecule has 1 N–H and O–H groups in total. The van der Waals surface area contributed by atoms with E-state index in [4.69, 9.17) is 21.1 Å². The lowest BCUT2D eigenvalue weighted by molar-refractivity contribution is -0.120. The van der Waals surface area contributed by atoms with Crippen molar-refractivity contribution in [3.8, 4) is 11.5 Å². The van der Waals surface area contributed by atoms with Gasteiger partial charge < -0.3 is 14.8 Å². The molecule has 0 unspecified atom stereocenters. The zero-order chi connectivity index (χ0) is 23.7. The largest absolute Gasteiger partial charge is 0.497 e. The van der Waals surface area contributed by atoms with Crippen LogP contribution in [0, 0.1) is 13.8 Å². The first-order valence-electron chi connectivity index (χ1n) is 10.3. The van der Waals surface area contributed by atoms with Crippen LogP contribution < -0.4 is 19.7 Å². The van der Waals surface area contributed by atoms with Crippen molar-refractivity contribution in [1.29, 1.82) is 0 Å². The predicted molar refractivity (Wildman–Crippen MR) is 130 cm³/mol. The molecule has 1 aliphatic heterocycles. The van der Waals surface area contributed by atoms with E-state index < -0.39 is 11.8 Å². The van der Waals surface area contributed by atoms with Gasteiger partial charge in [0.15, 0.2) is 0 Å². The van der Waals surface area contributed by atoms with Crippen molar-refractivity contribution >= 4 is 40.4 Å². The fourth-order valence-electron chi connectivity index (χ4n) is 3.64. The average molecular weight is 463 g/mol. The number of methoxy groups -OCH3 is 2. The molecule has 0 aliphatic carbocycles. The maximum Gasteiger partial charge on any atom is 0.282 e. The van der Waals surface area contributed by atoms with Crippen LogP contribution >= 0.6 is 11.6 Å². The van der Waals surface area contributed by atoms with Crippen LogP contribution in [-0.2, 0) is 9.59 Å². The summed E-state index contributed by atoms with van der Waals surface area (Å²) in [5, 5.41) is 3.69. The Morgan fingerprint density at radius 2 is 1.58 bits per heavy atom. The Morgan fingerprint density at radius 3 is 2.21 bits per heavy atom. The molecular weight excluding hydrogens is 440 g/mol.